The molecular formula is C27H34O2. The van der Waals surface area contributed by atoms with Gasteiger partial charge in [0.15, 0.2) is 0 Å². The van der Waals surface area contributed by atoms with E-state index in [2.05, 4.69) is 56.3 Å². The molecule has 2 N–H and O–H groups in total. The molecule has 0 bridgehead atoms. The van der Waals surface area contributed by atoms with E-state index in [-0.39, 0.29) is 11.5 Å². The molecule has 0 radical (unpaired) electrons. The van der Waals surface area contributed by atoms with Crippen LogP contribution in [0.4, 0.5) is 0 Å². The van der Waals surface area contributed by atoms with Gasteiger partial charge in [0.1, 0.15) is 11.5 Å². The Morgan fingerprint density at radius 2 is 1.03 bits per heavy atom. The molecule has 29 heavy (non-hydrogen) atoms. The summed E-state index contributed by atoms with van der Waals surface area (Å²) in [7, 11) is 0. The van der Waals surface area contributed by atoms with Crippen LogP contribution < -0.4 is 0 Å². The zero-order valence-corrected chi connectivity index (χ0v) is 18.5. The molecule has 0 aromatic heterocycles. The van der Waals surface area contributed by atoms with Crippen molar-refractivity contribution in [2.24, 2.45) is 0 Å². The van der Waals surface area contributed by atoms with Gasteiger partial charge in [-0.15, -0.1) is 0 Å². The quantitative estimate of drug-likeness (QED) is 0.343. The highest BCUT2D eigenvalue weighted by molar-refractivity contribution is 5.92. The molecule has 0 saturated carbocycles. The monoisotopic (exact) mass is 390 g/mol. The van der Waals surface area contributed by atoms with Gasteiger partial charge in [-0.25, -0.2) is 0 Å². The van der Waals surface area contributed by atoms with Gasteiger partial charge < -0.3 is 10.2 Å². The summed E-state index contributed by atoms with van der Waals surface area (Å²) in [6, 6.07) is 25.3. The van der Waals surface area contributed by atoms with Crippen molar-refractivity contribution in [3.05, 3.63) is 84.4 Å². The van der Waals surface area contributed by atoms with Crippen LogP contribution in [0, 0.1) is 0 Å². The van der Waals surface area contributed by atoms with E-state index < -0.39 is 0 Å². The molecular weight excluding hydrogens is 356 g/mol. The lowest BCUT2D eigenvalue weighted by Gasteiger charge is -2.06. The van der Waals surface area contributed by atoms with E-state index in [0.29, 0.717) is 16.7 Å². The minimum atomic E-state index is 0.198. The minimum absolute atomic E-state index is 0.198. The molecule has 0 saturated heterocycles. The third-order valence-corrected chi connectivity index (χ3v) is 4.32. The first-order valence-corrected chi connectivity index (χ1v) is 10.4. The zero-order chi connectivity index (χ0) is 21.8. The summed E-state index contributed by atoms with van der Waals surface area (Å²) in [6.07, 6.45) is 0. The van der Waals surface area contributed by atoms with E-state index in [1.165, 1.54) is 16.3 Å². The Morgan fingerprint density at radius 3 is 1.52 bits per heavy atom. The van der Waals surface area contributed by atoms with E-state index in [0.717, 1.165) is 0 Å². The second-order valence-corrected chi connectivity index (χ2v) is 6.41. The predicted octanol–water partition coefficient (Wildman–Crippen LogP) is 8.27. The van der Waals surface area contributed by atoms with Crippen LogP contribution in [-0.2, 0) is 0 Å². The van der Waals surface area contributed by atoms with Crippen molar-refractivity contribution < 1.29 is 10.2 Å². The molecule has 154 valence electrons. The Hall–Kier alpha value is -3.00. The van der Waals surface area contributed by atoms with Crippen molar-refractivity contribution >= 4 is 21.5 Å². The lowest BCUT2D eigenvalue weighted by Crippen LogP contribution is -1.85. The average molecular weight is 391 g/mol. The van der Waals surface area contributed by atoms with E-state index in [1.807, 2.05) is 27.7 Å². The van der Waals surface area contributed by atoms with Gasteiger partial charge in [-0.05, 0) is 34.4 Å². The molecule has 0 amide bonds. The topological polar surface area (TPSA) is 40.5 Å². The Kier molecular flexibility index (Phi) is 10.3. The highest BCUT2D eigenvalue weighted by atomic mass is 16.3. The smallest absolute Gasteiger partial charge is 0.123 e. The van der Waals surface area contributed by atoms with Crippen LogP contribution in [0.15, 0.2) is 78.9 Å². The summed E-state index contributed by atoms with van der Waals surface area (Å²) in [5, 5.41) is 22.8. The first-order valence-electron chi connectivity index (χ1n) is 10.4. The van der Waals surface area contributed by atoms with E-state index in [1.54, 1.807) is 36.4 Å². The summed E-state index contributed by atoms with van der Waals surface area (Å²) >= 11 is 0. The number of rotatable bonds is 1. The second-order valence-electron chi connectivity index (χ2n) is 6.41. The fraction of sp³-hybridized carbons (Fsp3) is 0.259. The number of aromatic hydroxyl groups is 2. The van der Waals surface area contributed by atoms with E-state index in [9.17, 15) is 10.2 Å². The fourth-order valence-electron chi connectivity index (χ4n) is 2.84. The number of phenols is 2. The number of phenolic OH excluding ortho intramolecular Hbond substituents is 2. The molecule has 2 heteroatoms. The van der Waals surface area contributed by atoms with Gasteiger partial charge >= 0.3 is 0 Å². The summed E-state index contributed by atoms with van der Waals surface area (Å²) in [4.78, 5) is 0. The largest absolute Gasteiger partial charge is 0.507 e. The Morgan fingerprint density at radius 1 is 0.552 bits per heavy atom. The number of benzene rings is 4. The standard InChI is InChI=1S/C13H14.C10H8O2.2C2H6/c1-10(2)12-8-7-11-5-3-4-6-13(11)9-12;11-9-5-1-3-7-8(9)4-2-6-10(7)12;2*1-2/h3-10H,1-2H3;1-6,11-12H;2*1-2H3. The van der Waals surface area contributed by atoms with Crippen molar-refractivity contribution in [3.63, 3.8) is 0 Å². The molecule has 4 aromatic carbocycles. The van der Waals surface area contributed by atoms with Gasteiger partial charge in [0.2, 0.25) is 0 Å². The normalized spacial score (nSPS) is 9.62. The fourth-order valence-corrected chi connectivity index (χ4v) is 2.84. The molecule has 0 aliphatic heterocycles. The number of hydrogen-bond acceptors (Lipinski definition) is 2. The first kappa shape index (κ1) is 24.0. The average Bonchev–Trinajstić information content (AvgIpc) is 2.77. The summed E-state index contributed by atoms with van der Waals surface area (Å²) < 4.78 is 0. The van der Waals surface area contributed by atoms with Crippen LogP contribution in [0.1, 0.15) is 53.0 Å². The zero-order valence-electron chi connectivity index (χ0n) is 18.5. The van der Waals surface area contributed by atoms with Gasteiger partial charge in [0, 0.05) is 10.8 Å². The Labute approximate surface area is 175 Å². The van der Waals surface area contributed by atoms with Crippen molar-refractivity contribution in [2.45, 2.75) is 47.5 Å². The second kappa shape index (κ2) is 12.5. The highest BCUT2D eigenvalue weighted by Crippen LogP contribution is 2.30. The molecule has 0 heterocycles. The Balaban J connectivity index is 0.000000248. The maximum absolute atomic E-state index is 9.38. The molecule has 2 nitrogen and oxygen atoms in total. The molecule has 0 atom stereocenters. The van der Waals surface area contributed by atoms with Crippen LogP contribution in [-0.4, -0.2) is 10.2 Å². The predicted molar refractivity (Wildman–Crippen MR) is 128 cm³/mol. The highest BCUT2D eigenvalue weighted by Gasteiger charge is 2.01. The van der Waals surface area contributed by atoms with Gasteiger partial charge in [0.25, 0.3) is 0 Å². The molecule has 0 spiro atoms. The lowest BCUT2D eigenvalue weighted by atomic mass is 9.99. The third-order valence-electron chi connectivity index (χ3n) is 4.32. The number of fused-ring (bicyclic) bond motifs is 2. The summed E-state index contributed by atoms with van der Waals surface area (Å²) in [5.74, 6) is 1.01. The van der Waals surface area contributed by atoms with Gasteiger partial charge in [-0.2, -0.15) is 0 Å². The summed E-state index contributed by atoms with van der Waals surface area (Å²) in [5.41, 5.74) is 1.42. The maximum atomic E-state index is 9.38. The minimum Gasteiger partial charge on any atom is -0.507 e. The van der Waals surface area contributed by atoms with E-state index in [4.69, 9.17) is 0 Å². The molecule has 0 aliphatic rings. The van der Waals surface area contributed by atoms with Gasteiger partial charge in [-0.3, -0.25) is 0 Å². The first-order chi connectivity index (χ1) is 14.1. The number of hydrogen-bond donors (Lipinski definition) is 2. The van der Waals surface area contributed by atoms with Crippen molar-refractivity contribution in [3.8, 4) is 11.5 Å². The van der Waals surface area contributed by atoms with Gasteiger partial charge in [-0.1, -0.05) is 108 Å². The van der Waals surface area contributed by atoms with Gasteiger partial charge in [0.05, 0.1) is 0 Å². The van der Waals surface area contributed by atoms with Crippen LogP contribution in [0.5, 0.6) is 11.5 Å². The van der Waals surface area contributed by atoms with Crippen molar-refractivity contribution in [1.82, 2.24) is 0 Å². The van der Waals surface area contributed by atoms with Crippen molar-refractivity contribution in [2.75, 3.05) is 0 Å². The van der Waals surface area contributed by atoms with E-state index >= 15 is 0 Å². The van der Waals surface area contributed by atoms with Crippen LogP contribution in [0.25, 0.3) is 21.5 Å². The third kappa shape index (κ3) is 6.53. The Bertz CT molecular complexity index is 962. The molecule has 4 rings (SSSR count). The molecule has 0 fully saturated rings. The SMILES string of the molecule is CC.CC.CC(C)c1ccc2ccccc2c1.Oc1cccc2c(O)cccc12. The summed E-state index contributed by atoms with van der Waals surface area (Å²) in [6.45, 7) is 12.5. The van der Waals surface area contributed by atoms with Crippen LogP contribution in [0.2, 0.25) is 0 Å². The molecule has 4 aromatic rings. The molecule has 0 aliphatic carbocycles. The van der Waals surface area contributed by atoms with Crippen LogP contribution >= 0.6 is 0 Å². The lowest BCUT2D eigenvalue weighted by molar-refractivity contribution is 0.475. The van der Waals surface area contributed by atoms with Crippen molar-refractivity contribution in [1.29, 1.82) is 0 Å². The van der Waals surface area contributed by atoms with Crippen LogP contribution in [0.3, 0.4) is 0 Å². The maximum Gasteiger partial charge on any atom is 0.123 e. The molecule has 0 unspecified atom stereocenters.